The average molecular weight is 350 g/mol. The Hall–Kier alpha value is -2.55. The summed E-state index contributed by atoms with van der Waals surface area (Å²) in [5.41, 5.74) is 6.92. The fraction of sp³-hybridized carbons (Fsp3) is 0.348. The van der Waals surface area contributed by atoms with Crippen LogP contribution in [-0.4, -0.2) is 18.2 Å². The van der Waals surface area contributed by atoms with Crippen molar-refractivity contribution < 1.29 is 14.6 Å². The maximum absolute atomic E-state index is 11.4. The van der Waals surface area contributed by atoms with Crippen molar-refractivity contribution in [2.45, 2.75) is 45.4 Å². The van der Waals surface area contributed by atoms with Gasteiger partial charge in [0.05, 0.1) is 13.5 Å². The lowest BCUT2D eigenvalue weighted by atomic mass is 9.89. The molecule has 2 aromatic rings. The molecule has 136 valence electrons. The molecule has 3 nitrogen and oxygen atoms in total. The number of allylic oxidation sites excluding steroid dienone is 1. The third-order valence-corrected chi connectivity index (χ3v) is 5.37. The molecule has 0 radical (unpaired) electrons. The monoisotopic (exact) mass is 350 g/mol. The predicted molar refractivity (Wildman–Crippen MR) is 105 cm³/mol. The Labute approximate surface area is 155 Å². The van der Waals surface area contributed by atoms with Gasteiger partial charge in [0.2, 0.25) is 0 Å². The van der Waals surface area contributed by atoms with Crippen molar-refractivity contribution in [3.05, 3.63) is 70.3 Å². The number of ether oxygens (including phenoxy) is 1. The van der Waals surface area contributed by atoms with Crippen LogP contribution in [0.1, 0.15) is 61.3 Å². The van der Waals surface area contributed by atoms with Crippen LogP contribution in [0, 0.1) is 0 Å². The first-order valence-electron chi connectivity index (χ1n) is 9.09. The molecule has 3 rings (SSSR count). The Morgan fingerprint density at radius 1 is 1.15 bits per heavy atom. The van der Waals surface area contributed by atoms with Crippen molar-refractivity contribution in [3.8, 4) is 5.75 Å². The normalized spacial score (nSPS) is 16.1. The summed E-state index contributed by atoms with van der Waals surface area (Å²) >= 11 is 0. The number of benzene rings is 2. The van der Waals surface area contributed by atoms with Crippen LogP contribution in [0.4, 0.5) is 0 Å². The molecule has 0 heterocycles. The van der Waals surface area contributed by atoms with E-state index in [1.165, 1.54) is 16.7 Å². The number of carboxylic acid groups (broad SMARTS) is 1. The van der Waals surface area contributed by atoms with Gasteiger partial charge in [0.25, 0.3) is 0 Å². The lowest BCUT2D eigenvalue weighted by Gasteiger charge is -2.16. The van der Waals surface area contributed by atoms with Crippen LogP contribution in [0.3, 0.4) is 0 Å². The van der Waals surface area contributed by atoms with Crippen LogP contribution in [-0.2, 0) is 11.2 Å². The summed E-state index contributed by atoms with van der Waals surface area (Å²) in [6.45, 7) is 6.46. The number of carbonyl (C=O) groups is 1. The number of carboxylic acids is 1. The lowest BCUT2D eigenvalue weighted by Crippen LogP contribution is -2.02. The first-order valence-corrected chi connectivity index (χ1v) is 9.09. The summed E-state index contributed by atoms with van der Waals surface area (Å²) in [5.74, 6) is 0.708. The Morgan fingerprint density at radius 3 is 2.42 bits per heavy atom. The van der Waals surface area contributed by atoms with Gasteiger partial charge in [-0.25, -0.2) is 0 Å². The van der Waals surface area contributed by atoms with Crippen LogP contribution in [0.2, 0.25) is 0 Å². The van der Waals surface area contributed by atoms with Gasteiger partial charge in [-0.05, 0) is 59.2 Å². The van der Waals surface area contributed by atoms with Crippen molar-refractivity contribution >= 4 is 11.5 Å². The molecule has 0 aromatic heterocycles. The van der Waals surface area contributed by atoms with Gasteiger partial charge in [-0.3, -0.25) is 4.79 Å². The van der Waals surface area contributed by atoms with Gasteiger partial charge >= 0.3 is 5.97 Å². The molecule has 3 heteroatoms. The van der Waals surface area contributed by atoms with Gasteiger partial charge in [-0.15, -0.1) is 0 Å². The van der Waals surface area contributed by atoms with Gasteiger partial charge in [0.1, 0.15) is 5.75 Å². The van der Waals surface area contributed by atoms with Gasteiger partial charge < -0.3 is 9.84 Å². The van der Waals surface area contributed by atoms with E-state index < -0.39 is 5.97 Å². The molecular weight excluding hydrogens is 324 g/mol. The smallest absolute Gasteiger partial charge is 0.307 e. The highest BCUT2D eigenvalue weighted by Gasteiger charge is 2.30. The number of hydrogen-bond donors (Lipinski definition) is 1. The van der Waals surface area contributed by atoms with Crippen molar-refractivity contribution in [1.29, 1.82) is 0 Å². The molecule has 1 atom stereocenters. The molecule has 0 saturated heterocycles. The van der Waals surface area contributed by atoms with Crippen molar-refractivity contribution in [2.24, 2.45) is 0 Å². The summed E-state index contributed by atoms with van der Waals surface area (Å²) in [6, 6.07) is 14.8. The largest absolute Gasteiger partial charge is 0.497 e. The van der Waals surface area contributed by atoms with E-state index in [1.54, 1.807) is 7.11 Å². The highest BCUT2D eigenvalue weighted by atomic mass is 16.5. The zero-order valence-corrected chi connectivity index (χ0v) is 15.9. The van der Waals surface area contributed by atoms with E-state index in [2.05, 4.69) is 51.1 Å². The highest BCUT2D eigenvalue weighted by Crippen LogP contribution is 2.46. The van der Waals surface area contributed by atoms with Crippen LogP contribution < -0.4 is 4.74 Å². The maximum atomic E-state index is 11.4. The number of fused-ring (bicyclic) bond motifs is 1. The topological polar surface area (TPSA) is 46.5 Å². The minimum atomic E-state index is -0.796. The third-order valence-electron chi connectivity index (χ3n) is 5.37. The molecule has 1 aliphatic rings. The number of hydrogen-bond acceptors (Lipinski definition) is 2. The Bertz CT molecular complexity index is 844. The summed E-state index contributed by atoms with van der Waals surface area (Å²) in [7, 11) is 1.64. The van der Waals surface area contributed by atoms with Crippen LogP contribution in [0.15, 0.2) is 48.0 Å². The van der Waals surface area contributed by atoms with Crippen LogP contribution in [0.5, 0.6) is 5.75 Å². The predicted octanol–water partition coefficient (Wildman–Crippen LogP) is 5.41. The van der Waals surface area contributed by atoms with Gasteiger partial charge in [-0.1, -0.05) is 49.8 Å². The van der Waals surface area contributed by atoms with E-state index in [0.29, 0.717) is 5.92 Å². The van der Waals surface area contributed by atoms with Gasteiger partial charge in [0.15, 0.2) is 0 Å². The quantitative estimate of drug-likeness (QED) is 0.758. The zero-order chi connectivity index (χ0) is 18.8. The molecule has 0 fully saturated rings. The molecule has 26 heavy (non-hydrogen) atoms. The van der Waals surface area contributed by atoms with Crippen LogP contribution >= 0.6 is 0 Å². The van der Waals surface area contributed by atoms with Gasteiger partial charge in [0, 0.05) is 5.92 Å². The summed E-state index contributed by atoms with van der Waals surface area (Å²) < 4.78 is 5.35. The van der Waals surface area contributed by atoms with E-state index in [0.717, 1.165) is 28.9 Å². The maximum Gasteiger partial charge on any atom is 0.307 e. The number of rotatable bonds is 6. The lowest BCUT2D eigenvalue weighted by molar-refractivity contribution is -0.135. The van der Waals surface area contributed by atoms with Crippen LogP contribution in [0.25, 0.3) is 5.57 Å². The fourth-order valence-corrected chi connectivity index (χ4v) is 3.81. The second kappa shape index (κ2) is 7.36. The van der Waals surface area contributed by atoms with E-state index in [-0.39, 0.29) is 12.3 Å². The Morgan fingerprint density at radius 2 is 1.85 bits per heavy atom. The van der Waals surface area contributed by atoms with E-state index in [4.69, 9.17) is 4.74 Å². The zero-order valence-electron chi connectivity index (χ0n) is 15.9. The average Bonchev–Trinajstić information content (AvgIpc) is 2.87. The Kier molecular flexibility index (Phi) is 5.17. The summed E-state index contributed by atoms with van der Waals surface area (Å²) in [5, 5.41) is 9.34. The standard InChI is InChI=1S/C23H26O3/c1-14(2)17-7-5-16(6-8-17)11-20-15(3)21(13-23(24)25)22-12-18(26-4)9-10-19(20)22/h5-10,12,14,20H,11,13H2,1-4H3,(H,24,25). The number of methoxy groups -OCH3 is 1. The first-order chi connectivity index (χ1) is 12.4. The van der Waals surface area contributed by atoms with Crippen molar-refractivity contribution in [2.75, 3.05) is 7.11 Å². The minimum Gasteiger partial charge on any atom is -0.497 e. The second-order valence-corrected chi connectivity index (χ2v) is 7.34. The third kappa shape index (κ3) is 3.52. The molecule has 0 spiro atoms. The first kappa shape index (κ1) is 18.2. The summed E-state index contributed by atoms with van der Waals surface area (Å²) in [6.07, 6.45) is 0.932. The van der Waals surface area contributed by atoms with Gasteiger partial charge in [-0.2, -0.15) is 0 Å². The second-order valence-electron chi connectivity index (χ2n) is 7.34. The Balaban J connectivity index is 1.96. The number of aliphatic carboxylic acids is 1. The van der Waals surface area contributed by atoms with E-state index in [1.807, 2.05) is 12.1 Å². The van der Waals surface area contributed by atoms with Crippen molar-refractivity contribution in [3.63, 3.8) is 0 Å². The van der Waals surface area contributed by atoms with E-state index >= 15 is 0 Å². The summed E-state index contributed by atoms with van der Waals surface area (Å²) in [4.78, 5) is 11.4. The minimum absolute atomic E-state index is 0.0504. The molecule has 0 aliphatic heterocycles. The molecule has 1 aliphatic carbocycles. The van der Waals surface area contributed by atoms with E-state index in [9.17, 15) is 9.90 Å². The molecule has 2 aromatic carbocycles. The molecule has 1 N–H and O–H groups in total. The highest BCUT2D eigenvalue weighted by molar-refractivity contribution is 5.89. The molecule has 0 saturated carbocycles. The molecular formula is C23H26O3. The SMILES string of the molecule is COc1ccc2c(c1)C(CC(=O)O)=C(C)C2Cc1ccc(C(C)C)cc1. The fourth-order valence-electron chi connectivity index (χ4n) is 3.81. The molecule has 0 amide bonds. The molecule has 0 bridgehead atoms. The molecule has 1 unspecified atom stereocenters. The van der Waals surface area contributed by atoms with Crippen molar-refractivity contribution in [1.82, 2.24) is 0 Å².